The lowest BCUT2D eigenvalue weighted by molar-refractivity contribution is 0.890. The van der Waals surface area contributed by atoms with Gasteiger partial charge in [0.05, 0.1) is 6.20 Å². The summed E-state index contributed by atoms with van der Waals surface area (Å²) < 4.78 is 1.24. The lowest BCUT2D eigenvalue weighted by Gasteiger charge is -1.91. The topological polar surface area (TPSA) is 73.0 Å². The van der Waals surface area contributed by atoms with Crippen LogP contribution in [0.15, 0.2) is 29.5 Å². The van der Waals surface area contributed by atoms with Gasteiger partial charge in [-0.2, -0.15) is 9.61 Å². The molecule has 0 saturated heterocycles. The van der Waals surface area contributed by atoms with Crippen molar-refractivity contribution in [3.63, 3.8) is 0 Å². The molecule has 6 heteroatoms. The van der Waals surface area contributed by atoms with Gasteiger partial charge in [0.25, 0.3) is 5.56 Å². The zero-order chi connectivity index (χ0) is 12.7. The van der Waals surface area contributed by atoms with Crippen LogP contribution in [-0.4, -0.2) is 24.6 Å². The fourth-order valence-corrected chi connectivity index (χ4v) is 1.78. The molecule has 3 aromatic heterocycles. The van der Waals surface area contributed by atoms with Crippen LogP contribution >= 0.6 is 0 Å². The number of rotatable bonds is 1. The Balaban J connectivity index is 2.41. The summed E-state index contributed by atoms with van der Waals surface area (Å²) in [5.41, 5.74) is 1.98. The van der Waals surface area contributed by atoms with E-state index in [1.54, 1.807) is 25.5 Å². The van der Waals surface area contributed by atoms with Crippen LogP contribution in [0.4, 0.5) is 0 Å². The monoisotopic (exact) mass is 239 g/mol. The average molecular weight is 239 g/mol. The number of aromatic nitrogens is 5. The van der Waals surface area contributed by atoms with E-state index in [0.29, 0.717) is 27.9 Å². The molecular weight excluding hydrogens is 230 g/mol. The van der Waals surface area contributed by atoms with Crippen LogP contribution in [0.2, 0.25) is 0 Å². The van der Waals surface area contributed by atoms with E-state index in [2.05, 4.69) is 26.6 Å². The molecular formula is C12H9N5O. The third kappa shape index (κ3) is 1.46. The van der Waals surface area contributed by atoms with Gasteiger partial charge in [-0.1, -0.05) is 6.58 Å². The van der Waals surface area contributed by atoms with E-state index >= 15 is 0 Å². The second kappa shape index (κ2) is 3.69. The van der Waals surface area contributed by atoms with Gasteiger partial charge in [-0.25, -0.2) is 4.98 Å². The van der Waals surface area contributed by atoms with Gasteiger partial charge >= 0.3 is 0 Å². The van der Waals surface area contributed by atoms with E-state index in [1.165, 1.54) is 10.6 Å². The zero-order valence-corrected chi connectivity index (χ0v) is 9.66. The van der Waals surface area contributed by atoms with E-state index in [1.807, 2.05) is 0 Å². The SMILES string of the molecule is C=c1c(-c2cnccn2)nn2c(=O)cc(C)nc12. The lowest BCUT2D eigenvalue weighted by atomic mass is 10.3. The van der Waals surface area contributed by atoms with E-state index in [4.69, 9.17) is 0 Å². The lowest BCUT2D eigenvalue weighted by Crippen LogP contribution is -2.16. The summed E-state index contributed by atoms with van der Waals surface area (Å²) in [4.78, 5) is 24.2. The fourth-order valence-electron chi connectivity index (χ4n) is 1.78. The van der Waals surface area contributed by atoms with Crippen LogP contribution in [-0.2, 0) is 0 Å². The van der Waals surface area contributed by atoms with E-state index in [-0.39, 0.29) is 5.56 Å². The fraction of sp³-hybridized carbons (Fsp3) is 0.0833. The van der Waals surface area contributed by atoms with Gasteiger partial charge in [-0.3, -0.25) is 14.8 Å². The first-order valence-corrected chi connectivity index (χ1v) is 5.32. The maximum Gasteiger partial charge on any atom is 0.274 e. The summed E-state index contributed by atoms with van der Waals surface area (Å²) in [5.74, 6) is 0. The van der Waals surface area contributed by atoms with E-state index in [9.17, 15) is 4.79 Å². The number of fused-ring (bicyclic) bond motifs is 1. The smallest absolute Gasteiger partial charge is 0.267 e. The van der Waals surface area contributed by atoms with Crippen LogP contribution in [0.1, 0.15) is 5.69 Å². The summed E-state index contributed by atoms with van der Waals surface area (Å²) in [7, 11) is 0. The van der Waals surface area contributed by atoms with Crippen molar-refractivity contribution in [1.29, 1.82) is 0 Å². The Labute approximate surface area is 102 Å². The molecule has 0 aliphatic carbocycles. The molecule has 0 saturated carbocycles. The standard InChI is InChI=1S/C12H9N5O/c1-7-5-10(18)17-12(15-7)8(2)11(16-17)9-6-13-3-4-14-9/h3-6H,2H2,1H3. The summed E-state index contributed by atoms with van der Waals surface area (Å²) in [6.07, 6.45) is 4.72. The maximum atomic E-state index is 11.8. The molecule has 0 spiro atoms. The molecule has 0 aliphatic heterocycles. The van der Waals surface area contributed by atoms with Crippen molar-refractivity contribution in [3.8, 4) is 11.4 Å². The van der Waals surface area contributed by atoms with Crippen molar-refractivity contribution in [2.24, 2.45) is 0 Å². The van der Waals surface area contributed by atoms with Gasteiger partial charge in [-0.05, 0) is 6.92 Å². The second-order valence-electron chi connectivity index (χ2n) is 3.89. The van der Waals surface area contributed by atoms with E-state index in [0.717, 1.165) is 0 Å². The molecule has 0 amide bonds. The van der Waals surface area contributed by atoms with Gasteiger partial charge in [0.15, 0.2) is 5.65 Å². The second-order valence-corrected chi connectivity index (χ2v) is 3.89. The Morgan fingerprint density at radius 1 is 1.33 bits per heavy atom. The van der Waals surface area contributed by atoms with Crippen molar-refractivity contribution in [1.82, 2.24) is 24.6 Å². The van der Waals surface area contributed by atoms with Crippen LogP contribution in [0.5, 0.6) is 0 Å². The van der Waals surface area contributed by atoms with Crippen molar-refractivity contribution in [3.05, 3.63) is 45.9 Å². The number of aryl methyl sites for hydroxylation is 1. The Kier molecular flexibility index (Phi) is 2.16. The number of hydrogen-bond donors (Lipinski definition) is 0. The molecule has 88 valence electrons. The molecule has 0 fully saturated rings. The van der Waals surface area contributed by atoms with Gasteiger partial charge in [0, 0.05) is 29.4 Å². The molecule has 0 atom stereocenters. The largest absolute Gasteiger partial charge is 0.274 e. The van der Waals surface area contributed by atoms with Crippen LogP contribution < -0.4 is 10.8 Å². The summed E-state index contributed by atoms with van der Waals surface area (Å²) in [6, 6.07) is 1.43. The normalized spacial score (nSPS) is 10.9. The molecule has 6 nitrogen and oxygen atoms in total. The Bertz CT molecular complexity index is 825. The van der Waals surface area contributed by atoms with Gasteiger partial charge in [-0.15, -0.1) is 0 Å². The third-order valence-electron chi connectivity index (χ3n) is 2.59. The molecule has 3 aromatic rings. The first-order chi connectivity index (χ1) is 8.66. The maximum absolute atomic E-state index is 11.8. The first kappa shape index (κ1) is 10.5. The molecule has 0 unspecified atom stereocenters. The van der Waals surface area contributed by atoms with Crippen LogP contribution in [0, 0.1) is 6.92 Å². The van der Waals surface area contributed by atoms with E-state index < -0.39 is 0 Å². The number of hydrogen-bond acceptors (Lipinski definition) is 5. The highest BCUT2D eigenvalue weighted by Crippen LogP contribution is 2.08. The number of nitrogens with zero attached hydrogens (tertiary/aromatic N) is 5. The van der Waals surface area contributed by atoms with Crippen molar-refractivity contribution in [2.75, 3.05) is 0 Å². The van der Waals surface area contributed by atoms with Crippen LogP contribution in [0.25, 0.3) is 23.6 Å². The molecule has 0 aliphatic rings. The molecule has 0 aromatic carbocycles. The van der Waals surface area contributed by atoms with Crippen molar-refractivity contribution < 1.29 is 0 Å². The first-order valence-electron chi connectivity index (χ1n) is 5.32. The third-order valence-corrected chi connectivity index (χ3v) is 2.59. The Hall–Kier alpha value is -2.63. The highest BCUT2D eigenvalue weighted by Gasteiger charge is 2.11. The predicted molar refractivity (Wildman–Crippen MR) is 65.8 cm³/mol. The van der Waals surface area contributed by atoms with Gasteiger partial charge in [0.2, 0.25) is 0 Å². The summed E-state index contributed by atoms with van der Waals surface area (Å²) in [6.45, 7) is 5.67. The average Bonchev–Trinajstić information content (AvgIpc) is 2.69. The molecule has 3 rings (SSSR count). The minimum atomic E-state index is -0.224. The van der Waals surface area contributed by atoms with Crippen LogP contribution in [0.3, 0.4) is 0 Å². The highest BCUT2D eigenvalue weighted by molar-refractivity contribution is 5.61. The molecule has 18 heavy (non-hydrogen) atoms. The molecule has 0 N–H and O–H groups in total. The molecule has 0 bridgehead atoms. The Morgan fingerprint density at radius 2 is 2.17 bits per heavy atom. The van der Waals surface area contributed by atoms with Crippen molar-refractivity contribution >= 4 is 12.2 Å². The van der Waals surface area contributed by atoms with Crippen molar-refractivity contribution in [2.45, 2.75) is 6.92 Å². The minimum Gasteiger partial charge on any atom is -0.267 e. The molecule has 3 heterocycles. The molecule has 0 radical (unpaired) electrons. The zero-order valence-electron chi connectivity index (χ0n) is 9.66. The Morgan fingerprint density at radius 3 is 2.89 bits per heavy atom. The summed E-state index contributed by atoms with van der Waals surface area (Å²) >= 11 is 0. The predicted octanol–water partition coefficient (Wildman–Crippen LogP) is -0.0159. The highest BCUT2D eigenvalue weighted by atomic mass is 16.1. The van der Waals surface area contributed by atoms with Gasteiger partial charge < -0.3 is 0 Å². The van der Waals surface area contributed by atoms with Gasteiger partial charge in [0.1, 0.15) is 11.4 Å². The summed E-state index contributed by atoms with van der Waals surface area (Å²) in [5, 5.41) is 4.78. The quantitative estimate of drug-likeness (QED) is 0.597. The minimum absolute atomic E-state index is 0.224.